The molecule has 0 radical (unpaired) electrons. The van der Waals surface area contributed by atoms with Crippen LogP contribution in [0.25, 0.3) is 11.1 Å². The fourth-order valence-corrected chi connectivity index (χ4v) is 4.46. The molecule has 1 saturated carbocycles. The number of halogens is 3. The van der Waals surface area contributed by atoms with Gasteiger partial charge in [0.05, 0.1) is 17.4 Å². The number of carboxylic acid groups (broad SMARTS) is 1. The lowest BCUT2D eigenvalue weighted by atomic mass is 9.82. The van der Waals surface area contributed by atoms with Crippen molar-refractivity contribution >= 4 is 17.7 Å². The van der Waals surface area contributed by atoms with Gasteiger partial charge in [0.15, 0.2) is 5.69 Å². The van der Waals surface area contributed by atoms with Crippen molar-refractivity contribution in [3.8, 4) is 11.1 Å². The number of hydrogen-bond donors (Lipinski definition) is 2. The van der Waals surface area contributed by atoms with Crippen LogP contribution in [0.2, 0.25) is 0 Å². The number of anilines is 1. The van der Waals surface area contributed by atoms with Gasteiger partial charge in [-0.15, -0.1) is 0 Å². The van der Waals surface area contributed by atoms with Gasteiger partial charge in [0.1, 0.15) is 5.82 Å². The molecule has 2 aliphatic rings. The first-order valence-corrected chi connectivity index (χ1v) is 9.10. The number of benzene rings is 1. The van der Waals surface area contributed by atoms with Crippen molar-refractivity contribution < 1.29 is 27.9 Å². The number of allylic oxidation sites excluding steroid dienone is 2. The van der Waals surface area contributed by atoms with Crippen LogP contribution in [0.4, 0.5) is 19.0 Å². The molecule has 29 heavy (non-hydrogen) atoms. The van der Waals surface area contributed by atoms with Gasteiger partial charge in [0, 0.05) is 7.05 Å². The molecule has 0 saturated heterocycles. The van der Waals surface area contributed by atoms with E-state index in [1.807, 2.05) is 6.08 Å². The first-order chi connectivity index (χ1) is 13.7. The normalized spacial score (nSPS) is 25.4. The number of fused-ring (bicyclic) bond motifs is 2. The van der Waals surface area contributed by atoms with E-state index in [9.17, 15) is 27.9 Å². The van der Waals surface area contributed by atoms with E-state index in [0.29, 0.717) is 6.42 Å². The summed E-state index contributed by atoms with van der Waals surface area (Å²) in [6.45, 7) is 0. The summed E-state index contributed by atoms with van der Waals surface area (Å²) in [6.07, 6.45) is -0.546. The van der Waals surface area contributed by atoms with E-state index in [-0.39, 0.29) is 28.8 Å². The Labute approximate surface area is 164 Å². The minimum absolute atomic E-state index is 0.107. The molecule has 9 heteroatoms. The second-order valence-electron chi connectivity index (χ2n) is 7.39. The standard InChI is InChI=1S/C20H18F3N3O3/c1-26-17(15(10-5-3-2-4-6-10)16(25-26)20(21,22)23)24-18(27)13-11-7-8-12(9-11)14(13)19(28)29/h2-8,11-14H,9H2,1H3,(H,24,27)(H,28,29)/t11-,12-,13+,14+/m1/s1. The van der Waals surface area contributed by atoms with Gasteiger partial charge < -0.3 is 10.4 Å². The Balaban J connectivity index is 1.74. The van der Waals surface area contributed by atoms with Crippen molar-refractivity contribution in [3.05, 3.63) is 48.2 Å². The lowest BCUT2D eigenvalue weighted by molar-refractivity contribution is -0.146. The number of nitrogens with zero attached hydrogens (tertiary/aromatic N) is 2. The van der Waals surface area contributed by atoms with Crippen molar-refractivity contribution in [2.24, 2.45) is 30.7 Å². The predicted molar refractivity (Wildman–Crippen MR) is 97.6 cm³/mol. The van der Waals surface area contributed by atoms with Gasteiger partial charge in [-0.3, -0.25) is 14.3 Å². The molecular formula is C20H18F3N3O3. The summed E-state index contributed by atoms with van der Waals surface area (Å²) in [7, 11) is 1.31. The monoisotopic (exact) mass is 405 g/mol. The van der Waals surface area contributed by atoms with Crippen LogP contribution in [0.5, 0.6) is 0 Å². The van der Waals surface area contributed by atoms with Crippen LogP contribution < -0.4 is 5.32 Å². The van der Waals surface area contributed by atoms with Crippen LogP contribution >= 0.6 is 0 Å². The third-order valence-corrected chi connectivity index (χ3v) is 5.67. The zero-order valence-corrected chi connectivity index (χ0v) is 15.3. The first-order valence-electron chi connectivity index (χ1n) is 9.10. The molecule has 1 heterocycles. The van der Waals surface area contributed by atoms with Gasteiger partial charge in [-0.1, -0.05) is 42.5 Å². The Kier molecular flexibility index (Phi) is 4.48. The van der Waals surface area contributed by atoms with E-state index < -0.39 is 35.6 Å². The van der Waals surface area contributed by atoms with Gasteiger partial charge >= 0.3 is 12.1 Å². The highest BCUT2D eigenvalue weighted by molar-refractivity contribution is 5.99. The predicted octanol–water partition coefficient (Wildman–Crippen LogP) is 3.57. The van der Waals surface area contributed by atoms with Gasteiger partial charge in [0.2, 0.25) is 5.91 Å². The number of hydrogen-bond acceptors (Lipinski definition) is 3. The second-order valence-corrected chi connectivity index (χ2v) is 7.39. The van der Waals surface area contributed by atoms with Crippen molar-refractivity contribution in [1.82, 2.24) is 9.78 Å². The van der Waals surface area contributed by atoms with Crippen molar-refractivity contribution in [3.63, 3.8) is 0 Å². The molecule has 6 nitrogen and oxygen atoms in total. The Morgan fingerprint density at radius 2 is 1.76 bits per heavy atom. The summed E-state index contributed by atoms with van der Waals surface area (Å²) in [5.74, 6) is -4.00. The van der Waals surface area contributed by atoms with Crippen LogP contribution in [0.1, 0.15) is 12.1 Å². The molecule has 1 amide bonds. The number of aromatic nitrogens is 2. The molecular weight excluding hydrogens is 387 g/mol. The quantitative estimate of drug-likeness (QED) is 0.762. The summed E-state index contributed by atoms with van der Waals surface area (Å²) in [6, 6.07) is 7.86. The highest BCUT2D eigenvalue weighted by Gasteiger charge is 2.52. The van der Waals surface area contributed by atoms with Crippen LogP contribution in [0.15, 0.2) is 42.5 Å². The van der Waals surface area contributed by atoms with Crippen LogP contribution in [-0.4, -0.2) is 26.8 Å². The van der Waals surface area contributed by atoms with Gasteiger partial charge in [-0.25, -0.2) is 0 Å². The molecule has 0 aliphatic heterocycles. The fraction of sp³-hybridized carbons (Fsp3) is 0.350. The Bertz CT molecular complexity index is 998. The number of amides is 1. The lowest BCUT2D eigenvalue weighted by Gasteiger charge is -2.24. The molecule has 1 fully saturated rings. The fourth-order valence-electron chi connectivity index (χ4n) is 4.46. The van der Waals surface area contributed by atoms with Crippen molar-refractivity contribution in [2.45, 2.75) is 12.6 Å². The second kappa shape index (κ2) is 6.75. The number of aryl methyl sites for hydroxylation is 1. The Morgan fingerprint density at radius 3 is 2.34 bits per heavy atom. The summed E-state index contributed by atoms with van der Waals surface area (Å²) < 4.78 is 41.7. The number of rotatable bonds is 4. The van der Waals surface area contributed by atoms with E-state index >= 15 is 0 Å². The summed E-state index contributed by atoms with van der Waals surface area (Å²) in [5, 5.41) is 15.7. The molecule has 0 unspecified atom stereocenters. The average Bonchev–Trinajstić information content (AvgIpc) is 3.35. The lowest BCUT2D eigenvalue weighted by Crippen LogP contribution is -2.36. The Morgan fingerprint density at radius 1 is 1.14 bits per heavy atom. The SMILES string of the molecule is Cn1nc(C(F)(F)F)c(-c2ccccc2)c1NC(=O)[C@@H]1[C@@H](C(=O)O)[C@@H]2C=C[C@@H]1C2. The van der Waals surface area contributed by atoms with Gasteiger partial charge in [0.25, 0.3) is 0 Å². The third kappa shape index (κ3) is 3.20. The summed E-state index contributed by atoms with van der Waals surface area (Å²) >= 11 is 0. The van der Waals surface area contributed by atoms with E-state index in [2.05, 4.69) is 10.4 Å². The molecule has 1 aromatic carbocycles. The number of carbonyl (C=O) groups is 2. The third-order valence-electron chi connectivity index (χ3n) is 5.67. The van der Waals surface area contributed by atoms with Gasteiger partial charge in [-0.2, -0.15) is 18.3 Å². The van der Waals surface area contributed by atoms with E-state index in [4.69, 9.17) is 0 Å². The van der Waals surface area contributed by atoms with Gasteiger partial charge in [-0.05, 0) is 23.8 Å². The molecule has 4 atom stereocenters. The molecule has 2 aromatic rings. The van der Waals surface area contributed by atoms with Crippen molar-refractivity contribution in [1.29, 1.82) is 0 Å². The maximum atomic E-state index is 13.6. The minimum atomic E-state index is -4.72. The van der Waals surface area contributed by atoms with Crippen LogP contribution in [0.3, 0.4) is 0 Å². The van der Waals surface area contributed by atoms with E-state index in [0.717, 1.165) is 4.68 Å². The largest absolute Gasteiger partial charge is 0.481 e. The number of carbonyl (C=O) groups excluding carboxylic acids is 1. The number of aliphatic carboxylic acids is 1. The summed E-state index contributed by atoms with van der Waals surface area (Å²) in [4.78, 5) is 24.7. The Hall–Kier alpha value is -3.10. The molecule has 4 rings (SSSR count). The topological polar surface area (TPSA) is 84.2 Å². The van der Waals surface area contributed by atoms with E-state index in [1.54, 1.807) is 24.3 Å². The molecule has 0 spiro atoms. The molecule has 152 valence electrons. The highest BCUT2D eigenvalue weighted by atomic mass is 19.4. The number of nitrogens with one attached hydrogen (secondary N) is 1. The van der Waals surface area contributed by atoms with Crippen LogP contribution in [-0.2, 0) is 22.8 Å². The molecule has 1 aromatic heterocycles. The van der Waals surface area contributed by atoms with Crippen LogP contribution in [0, 0.1) is 23.7 Å². The molecule has 2 aliphatic carbocycles. The molecule has 2 N–H and O–H groups in total. The average molecular weight is 405 g/mol. The molecule has 2 bridgehead atoms. The minimum Gasteiger partial charge on any atom is -0.481 e. The first kappa shape index (κ1) is 19.2. The maximum absolute atomic E-state index is 13.6. The number of alkyl halides is 3. The smallest absolute Gasteiger partial charge is 0.435 e. The van der Waals surface area contributed by atoms with Crippen molar-refractivity contribution in [2.75, 3.05) is 5.32 Å². The summed E-state index contributed by atoms with van der Waals surface area (Å²) in [5.41, 5.74) is -1.09. The number of carboxylic acids is 1. The van der Waals surface area contributed by atoms with E-state index in [1.165, 1.54) is 19.2 Å². The zero-order chi connectivity index (χ0) is 20.9. The zero-order valence-electron chi connectivity index (χ0n) is 15.3. The highest BCUT2D eigenvalue weighted by Crippen LogP contribution is 2.49. The maximum Gasteiger partial charge on any atom is 0.435 e.